The molecule has 1 aromatic rings. The van der Waals surface area contributed by atoms with Crippen LogP contribution in [0.2, 0.25) is 0 Å². The quantitative estimate of drug-likeness (QED) is 0.540. The Morgan fingerprint density at radius 1 is 1.25 bits per heavy atom. The molecule has 2 rings (SSSR count). The first kappa shape index (κ1) is 10.2. The lowest BCUT2D eigenvalue weighted by molar-refractivity contribution is -0.127. The van der Waals surface area contributed by atoms with Gasteiger partial charge in [0.05, 0.1) is 11.3 Å². The second-order valence-corrected chi connectivity index (χ2v) is 3.34. The number of hydrogen-bond donors (Lipinski definition) is 3. The topological polar surface area (TPSA) is 101 Å². The van der Waals surface area contributed by atoms with E-state index in [1.807, 2.05) is 0 Å². The zero-order valence-corrected chi connectivity index (χ0v) is 8.19. The minimum atomic E-state index is -1.33. The Bertz CT molecular complexity index is 484. The molecule has 1 aliphatic rings. The number of para-hydroxylation sites is 1. The minimum absolute atomic E-state index is 0.305. The Balaban J connectivity index is 2.44. The van der Waals surface area contributed by atoms with Gasteiger partial charge in [0.2, 0.25) is 5.91 Å². The zero-order chi connectivity index (χ0) is 11.7. The third kappa shape index (κ3) is 1.60. The maximum Gasteiger partial charge on any atom is 0.256 e. The molecule has 1 aromatic carbocycles. The summed E-state index contributed by atoms with van der Waals surface area (Å²) in [4.78, 5) is 34.2. The van der Waals surface area contributed by atoms with Crippen molar-refractivity contribution < 1.29 is 14.4 Å². The average molecular weight is 219 g/mol. The molecule has 16 heavy (non-hydrogen) atoms. The van der Waals surface area contributed by atoms with Gasteiger partial charge >= 0.3 is 0 Å². The highest BCUT2D eigenvalue weighted by Crippen LogP contribution is 2.17. The molecule has 0 aliphatic carbocycles. The van der Waals surface area contributed by atoms with Crippen molar-refractivity contribution in [1.82, 2.24) is 5.32 Å². The summed E-state index contributed by atoms with van der Waals surface area (Å²) in [7, 11) is 0. The lowest BCUT2D eigenvalue weighted by Gasteiger charge is -2.09. The predicted molar refractivity (Wildman–Crippen MR) is 55.5 cm³/mol. The number of rotatable bonds is 1. The molecule has 0 fully saturated rings. The van der Waals surface area contributed by atoms with Crippen LogP contribution in [0.5, 0.6) is 0 Å². The van der Waals surface area contributed by atoms with Gasteiger partial charge in [0.25, 0.3) is 11.8 Å². The smallest absolute Gasteiger partial charge is 0.256 e. The van der Waals surface area contributed by atoms with Crippen LogP contribution in [0.25, 0.3) is 0 Å². The molecule has 1 heterocycles. The number of hydrogen-bond acceptors (Lipinski definition) is 3. The van der Waals surface area contributed by atoms with Crippen LogP contribution in [0.4, 0.5) is 5.69 Å². The molecule has 1 aliphatic heterocycles. The third-order valence-corrected chi connectivity index (χ3v) is 2.25. The number of benzene rings is 1. The van der Waals surface area contributed by atoms with Gasteiger partial charge in [0, 0.05) is 0 Å². The van der Waals surface area contributed by atoms with Crippen LogP contribution in [0.3, 0.4) is 0 Å². The van der Waals surface area contributed by atoms with Gasteiger partial charge in [-0.05, 0) is 12.1 Å². The Kier molecular flexibility index (Phi) is 2.32. The number of fused-ring (bicyclic) bond motifs is 1. The average Bonchev–Trinajstić information content (AvgIpc) is 2.37. The van der Waals surface area contributed by atoms with E-state index in [0.29, 0.717) is 11.3 Å². The molecule has 1 unspecified atom stereocenters. The summed E-state index contributed by atoms with van der Waals surface area (Å²) in [5.41, 5.74) is 5.68. The van der Waals surface area contributed by atoms with Gasteiger partial charge in [0.1, 0.15) is 0 Å². The first-order valence-corrected chi connectivity index (χ1v) is 4.59. The molecule has 6 nitrogen and oxygen atoms in total. The van der Waals surface area contributed by atoms with Crippen molar-refractivity contribution in [3.63, 3.8) is 0 Å². The maximum atomic E-state index is 11.7. The van der Waals surface area contributed by atoms with Crippen molar-refractivity contribution in [3.8, 4) is 0 Å². The Morgan fingerprint density at radius 2 is 1.94 bits per heavy atom. The molecule has 0 bridgehead atoms. The van der Waals surface area contributed by atoms with Crippen LogP contribution >= 0.6 is 0 Å². The lowest BCUT2D eigenvalue weighted by Crippen LogP contribution is -2.50. The van der Waals surface area contributed by atoms with Gasteiger partial charge in [-0.2, -0.15) is 0 Å². The molecule has 0 saturated heterocycles. The molecule has 82 valence electrons. The Morgan fingerprint density at radius 3 is 2.62 bits per heavy atom. The van der Waals surface area contributed by atoms with E-state index >= 15 is 0 Å². The van der Waals surface area contributed by atoms with E-state index in [-0.39, 0.29) is 0 Å². The Labute approximate surface area is 90.8 Å². The summed E-state index contributed by atoms with van der Waals surface area (Å²) >= 11 is 0. The summed E-state index contributed by atoms with van der Waals surface area (Å²) < 4.78 is 0. The molecule has 6 heteroatoms. The van der Waals surface area contributed by atoms with Gasteiger partial charge in [-0.3, -0.25) is 14.4 Å². The second kappa shape index (κ2) is 3.65. The molecule has 4 N–H and O–H groups in total. The van der Waals surface area contributed by atoms with Crippen LogP contribution in [0.15, 0.2) is 24.3 Å². The van der Waals surface area contributed by atoms with Crippen LogP contribution in [0.1, 0.15) is 10.4 Å². The van der Waals surface area contributed by atoms with Gasteiger partial charge < -0.3 is 16.4 Å². The van der Waals surface area contributed by atoms with Crippen LogP contribution in [-0.4, -0.2) is 23.8 Å². The van der Waals surface area contributed by atoms with Crippen LogP contribution in [-0.2, 0) is 9.59 Å². The van der Waals surface area contributed by atoms with E-state index in [4.69, 9.17) is 5.73 Å². The number of carbonyl (C=O) groups excluding carboxylic acids is 3. The van der Waals surface area contributed by atoms with Crippen molar-refractivity contribution in [3.05, 3.63) is 29.8 Å². The van der Waals surface area contributed by atoms with Gasteiger partial charge in [-0.15, -0.1) is 0 Å². The summed E-state index contributed by atoms with van der Waals surface area (Å²) in [6.45, 7) is 0. The van der Waals surface area contributed by atoms with E-state index in [1.165, 1.54) is 0 Å². The van der Waals surface area contributed by atoms with Crippen molar-refractivity contribution >= 4 is 23.4 Å². The molecule has 0 aromatic heterocycles. The fraction of sp³-hybridized carbons (Fsp3) is 0.100. The number of carbonyl (C=O) groups is 3. The normalized spacial score (nSPS) is 19.1. The van der Waals surface area contributed by atoms with Crippen molar-refractivity contribution in [2.75, 3.05) is 5.32 Å². The standard InChI is InChI=1S/C10H9N3O3/c11-8(14)7-10(16)12-6-4-2-1-3-5(6)9(15)13-7/h1-4,7H,(H2,11,14)(H,12,16)(H,13,15). The second-order valence-electron chi connectivity index (χ2n) is 3.34. The Hall–Kier alpha value is -2.37. The molecule has 0 spiro atoms. The van der Waals surface area contributed by atoms with E-state index in [9.17, 15) is 14.4 Å². The maximum absolute atomic E-state index is 11.7. The first-order valence-electron chi connectivity index (χ1n) is 4.59. The van der Waals surface area contributed by atoms with Crippen LogP contribution < -0.4 is 16.4 Å². The molecular formula is C10H9N3O3. The van der Waals surface area contributed by atoms with Crippen molar-refractivity contribution in [2.24, 2.45) is 5.73 Å². The lowest BCUT2D eigenvalue weighted by atomic mass is 10.1. The van der Waals surface area contributed by atoms with E-state index in [1.54, 1.807) is 24.3 Å². The largest absolute Gasteiger partial charge is 0.367 e. The van der Waals surface area contributed by atoms with Gasteiger partial charge in [-0.25, -0.2) is 0 Å². The number of nitrogens with one attached hydrogen (secondary N) is 2. The first-order chi connectivity index (χ1) is 7.59. The van der Waals surface area contributed by atoms with Crippen LogP contribution in [0, 0.1) is 0 Å². The monoisotopic (exact) mass is 219 g/mol. The van der Waals surface area contributed by atoms with Gasteiger partial charge in [0.15, 0.2) is 6.04 Å². The van der Waals surface area contributed by atoms with E-state index in [0.717, 1.165) is 0 Å². The predicted octanol–water partition coefficient (Wildman–Crippen LogP) is -0.778. The fourth-order valence-electron chi connectivity index (χ4n) is 1.47. The summed E-state index contributed by atoms with van der Waals surface area (Å²) in [6.07, 6.45) is 0. The number of amides is 3. The summed E-state index contributed by atoms with van der Waals surface area (Å²) in [5, 5.41) is 4.72. The molecular weight excluding hydrogens is 210 g/mol. The highest BCUT2D eigenvalue weighted by Gasteiger charge is 2.31. The zero-order valence-electron chi connectivity index (χ0n) is 8.19. The van der Waals surface area contributed by atoms with Crippen molar-refractivity contribution in [2.45, 2.75) is 6.04 Å². The van der Waals surface area contributed by atoms with E-state index < -0.39 is 23.8 Å². The number of anilines is 1. The summed E-state index contributed by atoms with van der Waals surface area (Å²) in [5.74, 6) is -2.03. The number of primary amides is 1. The minimum Gasteiger partial charge on any atom is -0.367 e. The number of nitrogens with two attached hydrogens (primary N) is 1. The fourth-order valence-corrected chi connectivity index (χ4v) is 1.47. The SMILES string of the molecule is NC(=O)C1NC(=O)c2ccccc2NC1=O. The highest BCUT2D eigenvalue weighted by atomic mass is 16.2. The van der Waals surface area contributed by atoms with E-state index in [2.05, 4.69) is 10.6 Å². The summed E-state index contributed by atoms with van der Waals surface area (Å²) in [6, 6.07) is 5.14. The molecule has 0 radical (unpaired) electrons. The van der Waals surface area contributed by atoms with Crippen molar-refractivity contribution in [1.29, 1.82) is 0 Å². The molecule has 0 saturated carbocycles. The highest BCUT2D eigenvalue weighted by molar-refractivity contribution is 6.17. The third-order valence-electron chi connectivity index (χ3n) is 2.25. The molecule has 3 amide bonds. The van der Waals surface area contributed by atoms with Gasteiger partial charge in [-0.1, -0.05) is 12.1 Å². The molecule has 1 atom stereocenters.